The lowest BCUT2D eigenvalue weighted by atomic mass is 10.1. The van der Waals surface area contributed by atoms with Crippen LogP contribution < -0.4 is 5.32 Å². The monoisotopic (exact) mass is 221 g/mol. The molecule has 0 fully saturated rings. The molecule has 0 spiro atoms. The molecule has 0 aliphatic heterocycles. The molecule has 0 saturated heterocycles. The molecule has 0 radical (unpaired) electrons. The van der Waals surface area contributed by atoms with E-state index in [1.165, 1.54) is 12.7 Å². The Morgan fingerprint density at radius 1 is 1.38 bits per heavy atom. The lowest BCUT2D eigenvalue weighted by Crippen LogP contribution is -2.35. The van der Waals surface area contributed by atoms with Crippen LogP contribution in [0.4, 0.5) is 0 Å². The fourth-order valence-electron chi connectivity index (χ4n) is 1.52. The van der Waals surface area contributed by atoms with E-state index in [1.54, 1.807) is 0 Å². The average molecular weight is 221 g/mol. The van der Waals surface area contributed by atoms with Crippen LogP contribution in [0.15, 0.2) is 30.3 Å². The SMILES string of the molecule is COC(=O)C(C)NCCCc1ccccc1. The largest absolute Gasteiger partial charge is 0.468 e. The second-order valence-corrected chi connectivity index (χ2v) is 3.79. The highest BCUT2D eigenvalue weighted by molar-refractivity contribution is 5.74. The molecule has 1 aromatic carbocycles. The number of hydrogen-bond donors (Lipinski definition) is 1. The quantitative estimate of drug-likeness (QED) is 0.587. The molecule has 0 aromatic heterocycles. The van der Waals surface area contributed by atoms with Gasteiger partial charge < -0.3 is 10.1 Å². The van der Waals surface area contributed by atoms with Crippen molar-refractivity contribution >= 4 is 5.97 Å². The fraction of sp³-hybridized carbons (Fsp3) is 0.462. The molecule has 0 aliphatic carbocycles. The van der Waals surface area contributed by atoms with Gasteiger partial charge in [0, 0.05) is 0 Å². The molecule has 3 nitrogen and oxygen atoms in total. The number of carbonyl (C=O) groups is 1. The smallest absolute Gasteiger partial charge is 0.322 e. The summed E-state index contributed by atoms with van der Waals surface area (Å²) in [4.78, 5) is 11.1. The molecule has 1 aromatic rings. The molecule has 3 heteroatoms. The Bertz CT molecular complexity index is 311. The molecule has 0 aliphatic rings. The Morgan fingerprint density at radius 3 is 2.69 bits per heavy atom. The second-order valence-electron chi connectivity index (χ2n) is 3.79. The summed E-state index contributed by atoms with van der Waals surface area (Å²) in [5, 5.41) is 3.13. The third kappa shape index (κ3) is 4.45. The Morgan fingerprint density at radius 2 is 2.06 bits per heavy atom. The van der Waals surface area contributed by atoms with Gasteiger partial charge in [0.05, 0.1) is 7.11 Å². The minimum Gasteiger partial charge on any atom is -0.468 e. The maximum absolute atomic E-state index is 11.1. The molecule has 88 valence electrons. The minimum absolute atomic E-state index is 0.209. The number of ether oxygens (including phenoxy) is 1. The van der Waals surface area contributed by atoms with E-state index in [9.17, 15) is 4.79 Å². The molecule has 16 heavy (non-hydrogen) atoms. The van der Waals surface area contributed by atoms with Gasteiger partial charge in [0.25, 0.3) is 0 Å². The molecular weight excluding hydrogens is 202 g/mol. The number of rotatable bonds is 6. The lowest BCUT2D eigenvalue weighted by Gasteiger charge is -2.10. The van der Waals surface area contributed by atoms with Crippen molar-refractivity contribution in [3.05, 3.63) is 35.9 Å². The van der Waals surface area contributed by atoms with E-state index < -0.39 is 0 Å². The van der Waals surface area contributed by atoms with Crippen molar-refractivity contribution in [3.63, 3.8) is 0 Å². The van der Waals surface area contributed by atoms with Crippen LogP contribution in [0.5, 0.6) is 0 Å². The summed E-state index contributed by atoms with van der Waals surface area (Å²) >= 11 is 0. The van der Waals surface area contributed by atoms with Gasteiger partial charge >= 0.3 is 5.97 Å². The lowest BCUT2D eigenvalue weighted by molar-refractivity contribution is -0.142. The van der Waals surface area contributed by atoms with Gasteiger partial charge in [-0.1, -0.05) is 30.3 Å². The van der Waals surface area contributed by atoms with Gasteiger partial charge in [-0.25, -0.2) is 0 Å². The Labute approximate surface area is 96.8 Å². The first-order valence-corrected chi connectivity index (χ1v) is 5.59. The third-order valence-electron chi connectivity index (χ3n) is 2.49. The van der Waals surface area contributed by atoms with Gasteiger partial charge in [0.15, 0.2) is 0 Å². The number of nitrogens with one attached hydrogen (secondary N) is 1. The van der Waals surface area contributed by atoms with Crippen molar-refractivity contribution in [1.29, 1.82) is 0 Å². The fourth-order valence-corrected chi connectivity index (χ4v) is 1.52. The van der Waals surface area contributed by atoms with Crippen LogP contribution in [0, 0.1) is 0 Å². The molecule has 0 heterocycles. The van der Waals surface area contributed by atoms with Crippen molar-refractivity contribution in [1.82, 2.24) is 5.32 Å². The van der Waals surface area contributed by atoms with Crippen LogP contribution in [0.3, 0.4) is 0 Å². The highest BCUT2D eigenvalue weighted by Gasteiger charge is 2.10. The maximum atomic E-state index is 11.1. The van der Waals surface area contributed by atoms with Crippen LogP contribution in [-0.2, 0) is 16.0 Å². The number of methoxy groups -OCH3 is 1. The van der Waals surface area contributed by atoms with Crippen LogP contribution >= 0.6 is 0 Å². The number of benzene rings is 1. The van der Waals surface area contributed by atoms with Gasteiger partial charge in [-0.3, -0.25) is 4.79 Å². The van der Waals surface area contributed by atoms with Gasteiger partial charge in [0.2, 0.25) is 0 Å². The van der Waals surface area contributed by atoms with Crippen LogP contribution in [0.2, 0.25) is 0 Å². The standard InChI is InChI=1S/C13H19NO2/c1-11(13(15)16-2)14-10-6-9-12-7-4-3-5-8-12/h3-5,7-8,11,14H,6,9-10H2,1-2H3. The number of aryl methyl sites for hydroxylation is 1. The number of hydrogen-bond acceptors (Lipinski definition) is 3. The van der Waals surface area contributed by atoms with E-state index >= 15 is 0 Å². The summed E-state index contributed by atoms with van der Waals surface area (Å²) in [6.45, 7) is 2.64. The molecular formula is C13H19NO2. The first-order chi connectivity index (χ1) is 7.74. The van der Waals surface area contributed by atoms with Crippen molar-refractivity contribution in [2.24, 2.45) is 0 Å². The third-order valence-corrected chi connectivity index (χ3v) is 2.49. The zero-order chi connectivity index (χ0) is 11.8. The predicted molar refractivity (Wildman–Crippen MR) is 64.2 cm³/mol. The Hall–Kier alpha value is -1.35. The van der Waals surface area contributed by atoms with E-state index in [4.69, 9.17) is 0 Å². The highest BCUT2D eigenvalue weighted by atomic mass is 16.5. The van der Waals surface area contributed by atoms with Crippen LogP contribution in [0.25, 0.3) is 0 Å². The summed E-state index contributed by atoms with van der Waals surface area (Å²) in [7, 11) is 1.41. The van der Waals surface area contributed by atoms with E-state index in [1.807, 2.05) is 25.1 Å². The van der Waals surface area contributed by atoms with E-state index in [2.05, 4.69) is 22.2 Å². The number of esters is 1. The summed E-state index contributed by atoms with van der Waals surface area (Å²) in [5.74, 6) is -0.209. The van der Waals surface area contributed by atoms with Crippen LogP contribution in [0.1, 0.15) is 18.9 Å². The normalized spacial score (nSPS) is 12.1. The van der Waals surface area contributed by atoms with Gasteiger partial charge in [-0.15, -0.1) is 0 Å². The second kappa shape index (κ2) is 7.01. The molecule has 1 unspecified atom stereocenters. The van der Waals surface area contributed by atoms with Crippen LogP contribution in [-0.4, -0.2) is 25.7 Å². The van der Waals surface area contributed by atoms with Gasteiger partial charge in [-0.2, -0.15) is 0 Å². The van der Waals surface area contributed by atoms with Crippen molar-refractivity contribution in [2.45, 2.75) is 25.8 Å². The Kier molecular flexibility index (Phi) is 5.57. The number of carbonyl (C=O) groups excluding carboxylic acids is 1. The molecule has 0 amide bonds. The van der Waals surface area contributed by atoms with E-state index in [0.29, 0.717) is 0 Å². The Balaban J connectivity index is 2.15. The summed E-state index contributed by atoms with van der Waals surface area (Å²) in [5.41, 5.74) is 1.33. The van der Waals surface area contributed by atoms with E-state index in [0.717, 1.165) is 19.4 Å². The summed E-state index contributed by atoms with van der Waals surface area (Å²) in [6, 6.07) is 10.1. The molecule has 1 rings (SSSR count). The first kappa shape index (κ1) is 12.7. The van der Waals surface area contributed by atoms with Gasteiger partial charge in [0.1, 0.15) is 6.04 Å². The molecule has 1 N–H and O–H groups in total. The summed E-state index contributed by atoms with van der Waals surface area (Å²) in [6.07, 6.45) is 2.05. The average Bonchev–Trinajstić information content (AvgIpc) is 2.34. The minimum atomic E-state index is -0.222. The molecule has 0 bridgehead atoms. The molecule has 0 saturated carbocycles. The van der Waals surface area contributed by atoms with Crippen molar-refractivity contribution in [2.75, 3.05) is 13.7 Å². The molecule has 1 atom stereocenters. The van der Waals surface area contributed by atoms with E-state index in [-0.39, 0.29) is 12.0 Å². The zero-order valence-corrected chi connectivity index (χ0v) is 9.90. The topological polar surface area (TPSA) is 38.3 Å². The summed E-state index contributed by atoms with van der Waals surface area (Å²) < 4.78 is 4.63. The highest BCUT2D eigenvalue weighted by Crippen LogP contribution is 2.01. The maximum Gasteiger partial charge on any atom is 0.322 e. The zero-order valence-electron chi connectivity index (χ0n) is 9.90. The van der Waals surface area contributed by atoms with Gasteiger partial charge in [-0.05, 0) is 31.9 Å². The first-order valence-electron chi connectivity index (χ1n) is 5.59. The van der Waals surface area contributed by atoms with Crippen molar-refractivity contribution in [3.8, 4) is 0 Å². The van der Waals surface area contributed by atoms with Crippen molar-refractivity contribution < 1.29 is 9.53 Å². The predicted octanol–water partition coefficient (Wildman–Crippen LogP) is 1.77.